The van der Waals surface area contributed by atoms with E-state index in [4.69, 9.17) is 4.74 Å². The molecular weight excluding hydrogens is 356 g/mol. The number of amides is 1. The van der Waals surface area contributed by atoms with Gasteiger partial charge in [0.25, 0.3) is 0 Å². The Balaban J connectivity index is 1.47. The Labute approximate surface area is 166 Å². The highest BCUT2D eigenvalue weighted by Crippen LogP contribution is 2.25. The lowest BCUT2D eigenvalue weighted by Gasteiger charge is -2.28. The average Bonchev–Trinajstić information content (AvgIpc) is 2.73. The summed E-state index contributed by atoms with van der Waals surface area (Å²) in [5.41, 5.74) is 2.42. The Morgan fingerprint density at radius 3 is 2.37 bits per heavy atom. The van der Waals surface area contributed by atoms with Crippen LogP contribution in [-0.2, 0) is 11.3 Å². The van der Waals surface area contributed by atoms with Crippen molar-refractivity contribution in [2.45, 2.75) is 42.9 Å². The van der Waals surface area contributed by atoms with E-state index in [-0.39, 0.29) is 11.2 Å². The van der Waals surface area contributed by atoms with Crippen LogP contribution in [-0.4, -0.2) is 31.4 Å². The van der Waals surface area contributed by atoms with E-state index in [2.05, 4.69) is 34.5 Å². The summed E-state index contributed by atoms with van der Waals surface area (Å²) in [6, 6.07) is 16.4. The first-order valence-corrected chi connectivity index (χ1v) is 10.5. The molecule has 4 nitrogen and oxygen atoms in total. The van der Waals surface area contributed by atoms with Crippen LogP contribution in [0.2, 0.25) is 0 Å². The van der Waals surface area contributed by atoms with Crippen molar-refractivity contribution in [2.24, 2.45) is 0 Å². The second kappa shape index (κ2) is 9.70. The summed E-state index contributed by atoms with van der Waals surface area (Å²) >= 11 is 1.55. The molecular formula is C22H28N2O2S. The molecule has 0 radical (unpaired) electrons. The third-order valence-corrected chi connectivity index (χ3v) is 5.98. The number of anilines is 1. The molecule has 2 aromatic rings. The second-order valence-electron chi connectivity index (χ2n) is 6.87. The third-order valence-electron chi connectivity index (χ3n) is 4.87. The number of benzene rings is 2. The van der Waals surface area contributed by atoms with Gasteiger partial charge in [-0.2, -0.15) is 0 Å². The zero-order valence-corrected chi connectivity index (χ0v) is 16.9. The zero-order valence-electron chi connectivity index (χ0n) is 16.1. The van der Waals surface area contributed by atoms with Crippen LogP contribution in [0.1, 0.15) is 31.7 Å². The van der Waals surface area contributed by atoms with E-state index in [1.54, 1.807) is 18.9 Å². The Morgan fingerprint density at radius 2 is 1.74 bits per heavy atom. The van der Waals surface area contributed by atoms with Crippen molar-refractivity contribution in [1.29, 1.82) is 0 Å². The van der Waals surface area contributed by atoms with Crippen LogP contribution in [0.5, 0.6) is 5.75 Å². The molecule has 5 heteroatoms. The highest BCUT2D eigenvalue weighted by Gasteiger charge is 2.14. The van der Waals surface area contributed by atoms with E-state index >= 15 is 0 Å². The van der Waals surface area contributed by atoms with Gasteiger partial charge in [-0.05, 0) is 68.1 Å². The number of nitrogens with one attached hydrogen (secondary N) is 1. The van der Waals surface area contributed by atoms with Gasteiger partial charge in [-0.25, -0.2) is 0 Å². The Hall–Kier alpha value is -2.14. The van der Waals surface area contributed by atoms with E-state index in [1.165, 1.54) is 24.9 Å². The predicted molar refractivity (Wildman–Crippen MR) is 113 cm³/mol. The molecule has 144 valence electrons. The highest BCUT2D eigenvalue weighted by atomic mass is 32.2. The van der Waals surface area contributed by atoms with Gasteiger partial charge in [-0.1, -0.05) is 12.1 Å². The molecule has 0 aromatic heterocycles. The number of methoxy groups -OCH3 is 1. The Bertz CT molecular complexity index is 725. The number of hydrogen-bond acceptors (Lipinski definition) is 4. The molecule has 1 N–H and O–H groups in total. The molecule has 0 unspecified atom stereocenters. The molecule has 1 aliphatic heterocycles. The highest BCUT2D eigenvalue weighted by molar-refractivity contribution is 8.00. The summed E-state index contributed by atoms with van der Waals surface area (Å²) in [6.07, 6.45) is 3.90. The van der Waals surface area contributed by atoms with Crippen LogP contribution in [0.25, 0.3) is 0 Å². The van der Waals surface area contributed by atoms with E-state index in [0.29, 0.717) is 6.54 Å². The van der Waals surface area contributed by atoms with Gasteiger partial charge in [-0.3, -0.25) is 4.79 Å². The standard InChI is InChI=1S/C22H28N2O2S/c1-17(27-21-12-10-20(26-2)11-13-21)22(25)23-16-18-6-8-19(9-7-18)24-14-4-3-5-15-24/h6-13,17H,3-5,14-16H2,1-2H3,(H,23,25)/t17-/m1/s1. The Morgan fingerprint density at radius 1 is 1.07 bits per heavy atom. The number of hydrogen-bond donors (Lipinski definition) is 1. The quantitative estimate of drug-likeness (QED) is 0.715. The van der Waals surface area contributed by atoms with Gasteiger partial charge in [0.05, 0.1) is 12.4 Å². The van der Waals surface area contributed by atoms with Crippen molar-refractivity contribution in [3.8, 4) is 5.75 Å². The summed E-state index contributed by atoms with van der Waals surface area (Å²) in [7, 11) is 1.65. The monoisotopic (exact) mass is 384 g/mol. The molecule has 1 atom stereocenters. The van der Waals surface area contributed by atoms with Gasteiger partial charge >= 0.3 is 0 Å². The smallest absolute Gasteiger partial charge is 0.233 e. The van der Waals surface area contributed by atoms with Crippen molar-refractivity contribution in [3.05, 3.63) is 54.1 Å². The predicted octanol–water partition coefficient (Wildman–Crippen LogP) is 4.48. The minimum Gasteiger partial charge on any atom is -0.497 e. The van der Waals surface area contributed by atoms with Crippen LogP contribution in [0, 0.1) is 0 Å². The summed E-state index contributed by atoms with van der Waals surface area (Å²) in [6.45, 7) is 4.79. The van der Waals surface area contributed by atoms with E-state index in [9.17, 15) is 4.79 Å². The van der Waals surface area contributed by atoms with Crippen molar-refractivity contribution in [2.75, 3.05) is 25.1 Å². The fourth-order valence-electron chi connectivity index (χ4n) is 3.22. The molecule has 0 bridgehead atoms. The maximum absolute atomic E-state index is 12.4. The summed E-state index contributed by atoms with van der Waals surface area (Å²) in [4.78, 5) is 15.9. The summed E-state index contributed by atoms with van der Waals surface area (Å²) in [5, 5.41) is 2.90. The van der Waals surface area contributed by atoms with Gasteiger partial charge in [0.15, 0.2) is 0 Å². The first-order chi connectivity index (χ1) is 13.2. The lowest BCUT2D eigenvalue weighted by molar-refractivity contribution is -0.120. The molecule has 1 heterocycles. The van der Waals surface area contributed by atoms with E-state index < -0.39 is 0 Å². The number of ether oxygens (including phenoxy) is 1. The number of thioether (sulfide) groups is 1. The van der Waals surface area contributed by atoms with Crippen LogP contribution >= 0.6 is 11.8 Å². The molecule has 1 amide bonds. The molecule has 3 rings (SSSR count). The molecule has 27 heavy (non-hydrogen) atoms. The second-order valence-corrected chi connectivity index (χ2v) is 8.28. The van der Waals surface area contributed by atoms with Crippen LogP contribution in [0.4, 0.5) is 5.69 Å². The van der Waals surface area contributed by atoms with Gasteiger partial charge in [-0.15, -0.1) is 11.8 Å². The number of carbonyl (C=O) groups is 1. The first kappa shape index (κ1) is 19.6. The van der Waals surface area contributed by atoms with Crippen molar-refractivity contribution < 1.29 is 9.53 Å². The van der Waals surface area contributed by atoms with Crippen LogP contribution in [0.15, 0.2) is 53.4 Å². The number of piperidine rings is 1. The minimum atomic E-state index is -0.147. The fourth-order valence-corrected chi connectivity index (χ4v) is 4.11. The third kappa shape index (κ3) is 5.67. The maximum Gasteiger partial charge on any atom is 0.233 e. The van der Waals surface area contributed by atoms with E-state index in [0.717, 1.165) is 29.3 Å². The number of nitrogens with zero attached hydrogens (tertiary/aromatic N) is 1. The first-order valence-electron chi connectivity index (χ1n) is 9.58. The lowest BCUT2D eigenvalue weighted by Crippen LogP contribution is -2.30. The number of rotatable bonds is 7. The zero-order chi connectivity index (χ0) is 19.1. The molecule has 2 aromatic carbocycles. The van der Waals surface area contributed by atoms with Gasteiger partial charge in [0.1, 0.15) is 5.75 Å². The molecule has 1 saturated heterocycles. The van der Waals surface area contributed by atoms with E-state index in [1.807, 2.05) is 31.2 Å². The van der Waals surface area contributed by atoms with Crippen LogP contribution in [0.3, 0.4) is 0 Å². The van der Waals surface area contributed by atoms with Crippen molar-refractivity contribution in [3.63, 3.8) is 0 Å². The van der Waals surface area contributed by atoms with Crippen molar-refractivity contribution >= 4 is 23.4 Å². The van der Waals surface area contributed by atoms with Gasteiger partial charge in [0.2, 0.25) is 5.91 Å². The lowest BCUT2D eigenvalue weighted by atomic mass is 10.1. The molecule has 1 fully saturated rings. The van der Waals surface area contributed by atoms with Gasteiger partial charge < -0.3 is 15.0 Å². The normalized spacial score (nSPS) is 15.3. The summed E-state index contributed by atoms with van der Waals surface area (Å²) < 4.78 is 5.16. The average molecular weight is 385 g/mol. The Kier molecular flexibility index (Phi) is 7.04. The SMILES string of the molecule is COc1ccc(S[C@H](C)C(=O)NCc2ccc(N3CCCCC3)cc2)cc1. The number of carbonyl (C=O) groups excluding carboxylic acids is 1. The molecule has 0 spiro atoms. The fraction of sp³-hybridized carbons (Fsp3) is 0.409. The molecule has 0 aliphatic carbocycles. The molecule has 0 saturated carbocycles. The largest absolute Gasteiger partial charge is 0.497 e. The summed E-state index contributed by atoms with van der Waals surface area (Å²) in [5.74, 6) is 0.875. The van der Waals surface area contributed by atoms with Gasteiger partial charge in [0, 0.05) is 30.2 Å². The molecule has 1 aliphatic rings. The van der Waals surface area contributed by atoms with Crippen molar-refractivity contribution in [1.82, 2.24) is 5.32 Å². The maximum atomic E-state index is 12.4. The van der Waals surface area contributed by atoms with Crippen LogP contribution < -0.4 is 15.0 Å². The topological polar surface area (TPSA) is 41.6 Å². The minimum absolute atomic E-state index is 0.0518.